The molecule has 1 atom stereocenters. The van der Waals surface area contributed by atoms with Crippen LogP contribution in [-0.4, -0.2) is 48.5 Å². The van der Waals surface area contributed by atoms with E-state index in [0.29, 0.717) is 19.7 Å². The number of hydrogen-bond acceptors (Lipinski definition) is 4. The summed E-state index contributed by atoms with van der Waals surface area (Å²) in [6.07, 6.45) is -0.129. The number of pyridine rings is 1. The minimum Gasteiger partial charge on any atom is -0.373 e. The summed E-state index contributed by atoms with van der Waals surface area (Å²) in [7, 11) is 1.79. The third-order valence-corrected chi connectivity index (χ3v) is 4.80. The van der Waals surface area contributed by atoms with Crippen LogP contribution >= 0.6 is 0 Å². The Labute approximate surface area is 140 Å². The van der Waals surface area contributed by atoms with Crippen LogP contribution in [0.25, 0.3) is 0 Å². The third-order valence-electron chi connectivity index (χ3n) is 4.80. The number of hydrogen-bond donors (Lipinski definition) is 1. The van der Waals surface area contributed by atoms with E-state index in [0.717, 1.165) is 11.5 Å². The van der Waals surface area contributed by atoms with Gasteiger partial charge in [0.25, 0.3) is 0 Å². The van der Waals surface area contributed by atoms with Crippen molar-refractivity contribution in [1.29, 1.82) is 0 Å². The molecule has 1 amide bonds. The molecule has 0 unspecified atom stereocenters. The smallest absolute Gasteiger partial charge is 0.248 e. The minimum atomic E-state index is -2.61. The van der Waals surface area contributed by atoms with E-state index in [2.05, 4.69) is 10.3 Å². The highest BCUT2D eigenvalue weighted by Crippen LogP contribution is 2.37. The fourth-order valence-corrected chi connectivity index (χ4v) is 3.34. The number of carbonyl (C=O) groups is 1. The average Bonchev–Trinajstić information content (AvgIpc) is 2.61. The lowest BCUT2D eigenvalue weighted by atomic mass is 9.85. The predicted octanol–water partition coefficient (Wildman–Crippen LogP) is 2.85. The monoisotopic (exact) mass is 339 g/mol. The molecule has 132 valence electrons. The van der Waals surface area contributed by atoms with Crippen molar-refractivity contribution >= 4 is 11.7 Å². The van der Waals surface area contributed by atoms with E-state index < -0.39 is 5.92 Å². The molecule has 3 rings (SSSR count). The first-order valence-electron chi connectivity index (χ1n) is 8.41. The highest BCUT2D eigenvalue weighted by atomic mass is 19.3. The standard InChI is InChI=1S/C17H23F2N3O2/c1-20-15-4-2-3-13(21-15)14-11-22(9-10-24-14)16(23)12-5-7-17(18,19)8-6-12/h2-4,12,14H,5-11H2,1H3,(H,20,21)/t14-/m0/s1. The number of nitrogens with zero attached hydrogens (tertiary/aromatic N) is 2. The maximum Gasteiger partial charge on any atom is 0.248 e. The van der Waals surface area contributed by atoms with Crippen molar-refractivity contribution in [2.75, 3.05) is 32.1 Å². The maximum atomic E-state index is 13.3. The first-order chi connectivity index (χ1) is 11.5. The topological polar surface area (TPSA) is 54.5 Å². The van der Waals surface area contributed by atoms with Crippen LogP contribution < -0.4 is 5.32 Å². The Balaban J connectivity index is 1.63. The van der Waals surface area contributed by atoms with Gasteiger partial charge in [-0.05, 0) is 25.0 Å². The van der Waals surface area contributed by atoms with Crippen molar-refractivity contribution in [2.24, 2.45) is 5.92 Å². The fourth-order valence-electron chi connectivity index (χ4n) is 3.34. The zero-order valence-corrected chi connectivity index (χ0v) is 13.8. The van der Waals surface area contributed by atoms with E-state index in [4.69, 9.17) is 4.74 Å². The molecule has 0 spiro atoms. The van der Waals surface area contributed by atoms with Gasteiger partial charge in [-0.25, -0.2) is 13.8 Å². The highest BCUT2D eigenvalue weighted by molar-refractivity contribution is 5.79. The summed E-state index contributed by atoms with van der Waals surface area (Å²) in [6, 6.07) is 5.62. The Morgan fingerprint density at radius 2 is 2.12 bits per heavy atom. The number of carbonyl (C=O) groups excluding carboxylic acids is 1. The van der Waals surface area contributed by atoms with E-state index in [1.807, 2.05) is 18.2 Å². The van der Waals surface area contributed by atoms with Crippen molar-refractivity contribution in [3.05, 3.63) is 23.9 Å². The van der Waals surface area contributed by atoms with Gasteiger partial charge in [0.05, 0.1) is 18.8 Å². The molecule has 24 heavy (non-hydrogen) atoms. The summed E-state index contributed by atoms with van der Waals surface area (Å²) in [4.78, 5) is 18.9. The summed E-state index contributed by atoms with van der Waals surface area (Å²) >= 11 is 0. The maximum absolute atomic E-state index is 13.3. The molecule has 1 saturated carbocycles. The number of ether oxygens (including phenoxy) is 1. The zero-order valence-electron chi connectivity index (χ0n) is 13.8. The van der Waals surface area contributed by atoms with Gasteiger partial charge >= 0.3 is 0 Å². The van der Waals surface area contributed by atoms with Gasteiger partial charge < -0.3 is 15.0 Å². The lowest BCUT2D eigenvalue weighted by Gasteiger charge is -2.36. The first-order valence-corrected chi connectivity index (χ1v) is 8.41. The Morgan fingerprint density at radius 3 is 2.83 bits per heavy atom. The molecule has 5 nitrogen and oxygen atoms in total. The molecule has 2 aliphatic rings. The van der Waals surface area contributed by atoms with Gasteiger partial charge in [0.2, 0.25) is 11.8 Å². The van der Waals surface area contributed by atoms with Crippen molar-refractivity contribution in [2.45, 2.75) is 37.7 Å². The first kappa shape index (κ1) is 17.1. The lowest BCUT2D eigenvalue weighted by Crippen LogP contribution is -2.46. The van der Waals surface area contributed by atoms with Gasteiger partial charge in [-0.3, -0.25) is 4.79 Å². The van der Waals surface area contributed by atoms with Gasteiger partial charge in [0.1, 0.15) is 11.9 Å². The third kappa shape index (κ3) is 3.83. The Kier molecular flexibility index (Phi) is 4.99. The lowest BCUT2D eigenvalue weighted by molar-refractivity contribution is -0.147. The van der Waals surface area contributed by atoms with E-state index in [-0.39, 0.29) is 43.6 Å². The molecule has 1 aliphatic heterocycles. The molecule has 1 saturated heterocycles. The van der Waals surface area contributed by atoms with E-state index in [1.54, 1.807) is 11.9 Å². The molecule has 1 aromatic heterocycles. The number of nitrogens with one attached hydrogen (secondary N) is 1. The van der Waals surface area contributed by atoms with E-state index in [9.17, 15) is 13.6 Å². The molecule has 0 radical (unpaired) electrons. The van der Waals surface area contributed by atoms with Crippen LogP contribution in [0.1, 0.15) is 37.5 Å². The summed E-state index contributed by atoms with van der Waals surface area (Å²) < 4.78 is 32.3. The summed E-state index contributed by atoms with van der Waals surface area (Å²) in [6.45, 7) is 1.37. The van der Waals surface area contributed by atoms with Gasteiger partial charge in [0, 0.05) is 32.4 Å². The van der Waals surface area contributed by atoms with Crippen molar-refractivity contribution in [1.82, 2.24) is 9.88 Å². The Hall–Kier alpha value is -1.76. The molecule has 2 heterocycles. The van der Waals surface area contributed by atoms with Crippen LogP contribution in [0.3, 0.4) is 0 Å². The van der Waals surface area contributed by atoms with Crippen LogP contribution in [0.15, 0.2) is 18.2 Å². The molecule has 0 aromatic carbocycles. The van der Waals surface area contributed by atoms with Gasteiger partial charge in [-0.15, -0.1) is 0 Å². The highest BCUT2D eigenvalue weighted by Gasteiger charge is 2.39. The number of morpholine rings is 1. The van der Waals surface area contributed by atoms with Crippen molar-refractivity contribution < 1.29 is 18.3 Å². The molecule has 1 aliphatic carbocycles. The van der Waals surface area contributed by atoms with Crippen LogP contribution in [0.5, 0.6) is 0 Å². The Bertz CT molecular complexity index is 587. The zero-order chi connectivity index (χ0) is 17.2. The number of alkyl halides is 2. The van der Waals surface area contributed by atoms with E-state index >= 15 is 0 Å². The number of anilines is 1. The van der Waals surface area contributed by atoms with Gasteiger partial charge in [-0.1, -0.05) is 6.07 Å². The van der Waals surface area contributed by atoms with Crippen LogP contribution in [0.4, 0.5) is 14.6 Å². The number of amides is 1. The Morgan fingerprint density at radius 1 is 1.38 bits per heavy atom. The molecule has 0 bridgehead atoms. The van der Waals surface area contributed by atoms with Gasteiger partial charge in [-0.2, -0.15) is 0 Å². The number of halogens is 2. The second-order valence-corrected chi connectivity index (χ2v) is 6.47. The molecule has 1 aromatic rings. The quantitative estimate of drug-likeness (QED) is 0.920. The normalized spacial score (nSPS) is 24.6. The number of aromatic nitrogens is 1. The summed E-state index contributed by atoms with van der Waals surface area (Å²) in [5.74, 6) is -2.18. The van der Waals surface area contributed by atoms with Gasteiger partial charge in [0.15, 0.2) is 0 Å². The fraction of sp³-hybridized carbons (Fsp3) is 0.647. The van der Waals surface area contributed by atoms with E-state index in [1.165, 1.54) is 0 Å². The molecular formula is C17H23F2N3O2. The molecule has 2 fully saturated rings. The largest absolute Gasteiger partial charge is 0.373 e. The summed E-state index contributed by atoms with van der Waals surface area (Å²) in [5.41, 5.74) is 0.773. The summed E-state index contributed by atoms with van der Waals surface area (Å²) in [5, 5.41) is 2.98. The predicted molar refractivity (Wildman–Crippen MR) is 86.0 cm³/mol. The van der Waals surface area contributed by atoms with Crippen LogP contribution in [-0.2, 0) is 9.53 Å². The molecular weight excluding hydrogens is 316 g/mol. The molecule has 1 N–H and O–H groups in total. The van der Waals surface area contributed by atoms with Crippen LogP contribution in [0, 0.1) is 5.92 Å². The van der Waals surface area contributed by atoms with Crippen LogP contribution in [0.2, 0.25) is 0 Å². The SMILES string of the molecule is CNc1cccc([C@@H]2CN(C(=O)C3CCC(F)(F)CC3)CCO2)n1. The van der Waals surface area contributed by atoms with Crippen molar-refractivity contribution in [3.8, 4) is 0 Å². The second kappa shape index (κ2) is 7.01. The average molecular weight is 339 g/mol. The van der Waals surface area contributed by atoms with Crippen molar-refractivity contribution in [3.63, 3.8) is 0 Å². The minimum absolute atomic E-state index is 0.0245. The second-order valence-electron chi connectivity index (χ2n) is 6.47. The molecule has 7 heteroatoms. The number of rotatable bonds is 3.